The highest BCUT2D eigenvalue weighted by Gasteiger charge is 2.09. The summed E-state index contributed by atoms with van der Waals surface area (Å²) in [6.07, 6.45) is 2.87. The van der Waals surface area contributed by atoms with Crippen LogP contribution in [0.3, 0.4) is 0 Å². The highest BCUT2D eigenvalue weighted by Crippen LogP contribution is 2.32. The van der Waals surface area contributed by atoms with Crippen LogP contribution in [0.4, 0.5) is 0 Å². The molecule has 19 heavy (non-hydrogen) atoms. The lowest BCUT2D eigenvalue weighted by Gasteiger charge is -2.09. The van der Waals surface area contributed by atoms with Crippen molar-refractivity contribution in [3.8, 4) is 11.3 Å². The fraction of sp³-hybridized carbons (Fsp3) is 0.357. The topological polar surface area (TPSA) is 40.7 Å². The minimum atomic E-state index is 0.475. The molecule has 1 aromatic heterocycles. The zero-order chi connectivity index (χ0) is 13.8. The van der Waals surface area contributed by atoms with Gasteiger partial charge in [0.2, 0.25) is 0 Å². The molecule has 5 heteroatoms. The van der Waals surface area contributed by atoms with Crippen LogP contribution in [0.2, 0.25) is 10.0 Å². The Hall–Kier alpha value is -1.03. The second-order valence-corrected chi connectivity index (χ2v) is 5.32. The quantitative estimate of drug-likeness (QED) is 0.865. The van der Waals surface area contributed by atoms with Gasteiger partial charge in [0.05, 0.1) is 28.5 Å². The first-order chi connectivity index (χ1) is 9.11. The number of rotatable bonds is 5. The number of hydrogen-bond acceptors (Lipinski definition) is 2. The molecule has 1 unspecified atom stereocenters. The molecule has 2 rings (SSSR count). The summed E-state index contributed by atoms with van der Waals surface area (Å²) < 4.78 is 0. The van der Waals surface area contributed by atoms with Crippen molar-refractivity contribution < 1.29 is 0 Å². The van der Waals surface area contributed by atoms with E-state index in [0.717, 1.165) is 23.5 Å². The number of imidazole rings is 1. The van der Waals surface area contributed by atoms with E-state index in [9.17, 15) is 0 Å². The third-order valence-electron chi connectivity index (χ3n) is 3.10. The van der Waals surface area contributed by atoms with Crippen molar-refractivity contribution in [3.63, 3.8) is 0 Å². The Labute approximate surface area is 123 Å². The van der Waals surface area contributed by atoms with Crippen LogP contribution in [-0.2, 0) is 6.54 Å². The molecule has 1 aromatic carbocycles. The number of H-pyrrole nitrogens is 1. The monoisotopic (exact) mass is 297 g/mol. The predicted octanol–water partition coefficient (Wildman–Crippen LogP) is 4.27. The maximum absolute atomic E-state index is 6.19. The van der Waals surface area contributed by atoms with E-state index in [0.29, 0.717) is 22.6 Å². The minimum Gasteiger partial charge on any atom is -0.341 e. The number of aromatic nitrogens is 2. The fourth-order valence-electron chi connectivity index (χ4n) is 1.72. The van der Waals surface area contributed by atoms with E-state index in [-0.39, 0.29) is 0 Å². The lowest BCUT2D eigenvalue weighted by atomic mass is 10.2. The van der Waals surface area contributed by atoms with E-state index in [1.165, 1.54) is 0 Å². The van der Waals surface area contributed by atoms with Crippen LogP contribution in [-0.4, -0.2) is 16.0 Å². The van der Waals surface area contributed by atoms with Gasteiger partial charge in [0, 0.05) is 11.6 Å². The molecule has 0 aliphatic heterocycles. The first kappa shape index (κ1) is 14.4. The Morgan fingerprint density at radius 1 is 1.37 bits per heavy atom. The summed E-state index contributed by atoms with van der Waals surface area (Å²) >= 11 is 12.2. The summed E-state index contributed by atoms with van der Waals surface area (Å²) in [4.78, 5) is 7.61. The molecule has 2 aromatic rings. The summed E-state index contributed by atoms with van der Waals surface area (Å²) in [6.45, 7) is 5.02. The molecule has 0 radical (unpaired) electrons. The van der Waals surface area contributed by atoms with Gasteiger partial charge in [-0.25, -0.2) is 4.98 Å². The van der Waals surface area contributed by atoms with Crippen LogP contribution in [0, 0.1) is 0 Å². The Morgan fingerprint density at radius 2 is 2.16 bits per heavy atom. The van der Waals surface area contributed by atoms with E-state index in [1.54, 1.807) is 12.3 Å². The van der Waals surface area contributed by atoms with E-state index in [4.69, 9.17) is 23.2 Å². The molecule has 102 valence electrons. The summed E-state index contributed by atoms with van der Waals surface area (Å²) in [7, 11) is 0. The molecular formula is C14H17Cl2N3. The maximum atomic E-state index is 6.19. The molecule has 0 aliphatic carbocycles. The highest BCUT2D eigenvalue weighted by atomic mass is 35.5. The number of halogens is 2. The van der Waals surface area contributed by atoms with Gasteiger partial charge in [-0.1, -0.05) is 42.3 Å². The van der Waals surface area contributed by atoms with Crippen LogP contribution in [0.5, 0.6) is 0 Å². The Bertz CT molecular complexity index is 551. The zero-order valence-electron chi connectivity index (χ0n) is 11.0. The molecule has 0 bridgehead atoms. The number of benzene rings is 1. The van der Waals surface area contributed by atoms with Crippen LogP contribution in [0.25, 0.3) is 11.3 Å². The van der Waals surface area contributed by atoms with Crippen molar-refractivity contribution in [2.45, 2.75) is 32.9 Å². The van der Waals surface area contributed by atoms with Gasteiger partial charge in [0.25, 0.3) is 0 Å². The molecular weight excluding hydrogens is 281 g/mol. The van der Waals surface area contributed by atoms with Gasteiger partial charge >= 0.3 is 0 Å². The molecule has 0 saturated carbocycles. The summed E-state index contributed by atoms with van der Waals surface area (Å²) in [5, 5.41) is 4.49. The molecule has 0 fully saturated rings. The fourth-order valence-corrected chi connectivity index (χ4v) is 2.12. The van der Waals surface area contributed by atoms with E-state index in [1.807, 2.05) is 12.1 Å². The molecule has 0 amide bonds. The first-order valence-electron chi connectivity index (χ1n) is 6.33. The molecule has 3 nitrogen and oxygen atoms in total. The first-order valence-corrected chi connectivity index (χ1v) is 7.09. The van der Waals surface area contributed by atoms with Crippen molar-refractivity contribution in [3.05, 3.63) is 40.3 Å². The van der Waals surface area contributed by atoms with Crippen LogP contribution in [0.15, 0.2) is 24.4 Å². The van der Waals surface area contributed by atoms with Crippen molar-refractivity contribution in [1.82, 2.24) is 15.3 Å². The molecule has 2 N–H and O–H groups in total. The van der Waals surface area contributed by atoms with Crippen molar-refractivity contribution in [2.75, 3.05) is 0 Å². The average Bonchev–Trinajstić information content (AvgIpc) is 2.87. The van der Waals surface area contributed by atoms with Crippen LogP contribution < -0.4 is 5.32 Å². The SMILES string of the molecule is CCC(C)NCc1ncc(-c2cccc(Cl)c2Cl)[nH]1. The van der Waals surface area contributed by atoms with Crippen molar-refractivity contribution in [2.24, 2.45) is 0 Å². The Balaban J connectivity index is 2.14. The maximum Gasteiger partial charge on any atom is 0.120 e. The van der Waals surface area contributed by atoms with Crippen LogP contribution >= 0.6 is 23.2 Å². The van der Waals surface area contributed by atoms with Crippen LogP contribution in [0.1, 0.15) is 26.1 Å². The molecule has 0 saturated heterocycles. The van der Waals surface area contributed by atoms with Crippen molar-refractivity contribution >= 4 is 23.2 Å². The Kier molecular flexibility index (Phi) is 4.86. The molecule has 0 spiro atoms. The van der Waals surface area contributed by atoms with Gasteiger partial charge < -0.3 is 10.3 Å². The van der Waals surface area contributed by atoms with Gasteiger partial charge in [0.15, 0.2) is 0 Å². The standard InChI is InChI=1S/C14H17Cl2N3/c1-3-9(2)17-8-13-18-7-12(19-13)10-5-4-6-11(15)14(10)16/h4-7,9,17H,3,8H2,1-2H3,(H,18,19). The van der Waals surface area contributed by atoms with Gasteiger partial charge in [-0.3, -0.25) is 0 Å². The Morgan fingerprint density at radius 3 is 2.89 bits per heavy atom. The number of nitrogens with one attached hydrogen (secondary N) is 2. The largest absolute Gasteiger partial charge is 0.341 e. The van der Waals surface area contributed by atoms with Gasteiger partial charge in [0.1, 0.15) is 5.82 Å². The average molecular weight is 298 g/mol. The second-order valence-electron chi connectivity index (χ2n) is 4.54. The lowest BCUT2D eigenvalue weighted by molar-refractivity contribution is 0.525. The van der Waals surface area contributed by atoms with Gasteiger partial charge in [-0.15, -0.1) is 0 Å². The molecule has 0 aliphatic rings. The van der Waals surface area contributed by atoms with Gasteiger partial charge in [-0.2, -0.15) is 0 Å². The third kappa shape index (κ3) is 3.50. The molecule has 1 heterocycles. The van der Waals surface area contributed by atoms with Crippen molar-refractivity contribution in [1.29, 1.82) is 0 Å². The second kappa shape index (κ2) is 6.42. The minimum absolute atomic E-state index is 0.475. The zero-order valence-corrected chi connectivity index (χ0v) is 12.5. The van der Waals surface area contributed by atoms with E-state index >= 15 is 0 Å². The summed E-state index contributed by atoms with van der Waals surface area (Å²) in [6, 6.07) is 6.05. The number of aromatic amines is 1. The van der Waals surface area contributed by atoms with E-state index in [2.05, 4.69) is 29.1 Å². The lowest BCUT2D eigenvalue weighted by Crippen LogP contribution is -2.24. The highest BCUT2D eigenvalue weighted by molar-refractivity contribution is 6.43. The predicted molar refractivity (Wildman–Crippen MR) is 80.6 cm³/mol. The summed E-state index contributed by atoms with van der Waals surface area (Å²) in [5.41, 5.74) is 1.75. The van der Waals surface area contributed by atoms with E-state index < -0.39 is 0 Å². The molecule has 1 atom stereocenters. The third-order valence-corrected chi connectivity index (χ3v) is 3.92. The number of hydrogen-bond donors (Lipinski definition) is 2. The smallest absolute Gasteiger partial charge is 0.120 e. The number of nitrogens with zero attached hydrogens (tertiary/aromatic N) is 1. The van der Waals surface area contributed by atoms with Gasteiger partial charge in [-0.05, 0) is 19.4 Å². The summed E-state index contributed by atoms with van der Waals surface area (Å²) in [5.74, 6) is 0.895. The normalized spacial score (nSPS) is 12.6.